The van der Waals surface area contributed by atoms with Gasteiger partial charge in [-0.15, -0.1) is 0 Å². The van der Waals surface area contributed by atoms with Crippen molar-refractivity contribution in [3.8, 4) is 11.5 Å². The zero-order valence-corrected chi connectivity index (χ0v) is 18.5. The first kappa shape index (κ1) is 22.0. The fraction of sp³-hybridized carbons (Fsp3) is 0.417. The Balaban J connectivity index is 1.62. The number of fused-ring (bicyclic) bond motifs is 1. The molecule has 2 heterocycles. The summed E-state index contributed by atoms with van der Waals surface area (Å²) in [6.07, 6.45) is 1.04. The number of amides is 2. The van der Waals surface area contributed by atoms with Gasteiger partial charge in [0.25, 0.3) is 5.91 Å². The van der Waals surface area contributed by atoms with E-state index in [4.69, 9.17) is 14.2 Å². The second-order valence-electron chi connectivity index (χ2n) is 7.66. The molecule has 4 rings (SSSR count). The first-order valence-corrected chi connectivity index (χ1v) is 11.1. The van der Waals surface area contributed by atoms with E-state index in [1.165, 1.54) is 0 Å². The molecule has 2 amide bonds. The number of hydrogen-bond donors (Lipinski definition) is 2. The number of nitrogens with zero attached hydrogens (tertiary/aromatic N) is 1. The Kier molecular flexibility index (Phi) is 6.80. The van der Waals surface area contributed by atoms with Crippen LogP contribution in [0, 0.1) is 0 Å². The van der Waals surface area contributed by atoms with Crippen LogP contribution in [0.25, 0.3) is 0 Å². The van der Waals surface area contributed by atoms with E-state index < -0.39 is 0 Å². The Hall–Kier alpha value is -3.26. The van der Waals surface area contributed by atoms with Crippen LogP contribution in [-0.2, 0) is 16.0 Å². The van der Waals surface area contributed by atoms with E-state index in [9.17, 15) is 9.59 Å². The Morgan fingerprint density at radius 1 is 1.06 bits per heavy atom. The lowest BCUT2D eigenvalue weighted by molar-refractivity contribution is -0.116. The maximum absolute atomic E-state index is 13.1. The Bertz CT molecular complexity index is 1000. The molecule has 2 aliphatic rings. The molecule has 2 aromatic rings. The van der Waals surface area contributed by atoms with Gasteiger partial charge in [0.05, 0.1) is 37.8 Å². The first-order chi connectivity index (χ1) is 15.6. The summed E-state index contributed by atoms with van der Waals surface area (Å²) in [6, 6.07) is 9.08. The van der Waals surface area contributed by atoms with Crippen molar-refractivity contribution in [1.82, 2.24) is 0 Å². The van der Waals surface area contributed by atoms with Crippen molar-refractivity contribution in [3.05, 3.63) is 41.5 Å². The highest BCUT2D eigenvalue weighted by Crippen LogP contribution is 2.39. The molecule has 170 valence electrons. The highest BCUT2D eigenvalue weighted by molar-refractivity contribution is 6.06. The molecule has 0 spiro atoms. The van der Waals surface area contributed by atoms with Crippen LogP contribution in [0.5, 0.6) is 11.5 Å². The SMILES string of the molecule is CCOc1cc(N2CCOCC2)c(OCC)cc1NC(=O)c1ccc2c(c1)CCC(=O)N2. The summed E-state index contributed by atoms with van der Waals surface area (Å²) in [6.45, 7) is 7.68. The highest BCUT2D eigenvalue weighted by atomic mass is 16.5. The van der Waals surface area contributed by atoms with E-state index in [2.05, 4.69) is 15.5 Å². The third-order valence-corrected chi connectivity index (χ3v) is 5.52. The van der Waals surface area contributed by atoms with Gasteiger partial charge < -0.3 is 29.7 Å². The molecule has 0 radical (unpaired) electrons. The van der Waals surface area contributed by atoms with Crippen molar-refractivity contribution in [2.45, 2.75) is 26.7 Å². The van der Waals surface area contributed by atoms with Crippen LogP contribution in [0.2, 0.25) is 0 Å². The second-order valence-corrected chi connectivity index (χ2v) is 7.66. The minimum absolute atomic E-state index is 0.000121. The average Bonchev–Trinajstić information content (AvgIpc) is 2.81. The standard InChI is InChI=1S/C24H29N3O5/c1-3-31-21-15-20(27-9-11-30-12-10-27)22(32-4-2)14-19(21)26-24(29)17-5-7-18-16(13-17)6-8-23(28)25-18/h5,7,13-15H,3-4,6,8-12H2,1-2H3,(H,25,28)(H,26,29). The van der Waals surface area contributed by atoms with Crippen LogP contribution in [0.15, 0.2) is 30.3 Å². The molecule has 8 heteroatoms. The van der Waals surface area contributed by atoms with Crippen LogP contribution in [0.1, 0.15) is 36.2 Å². The molecule has 0 atom stereocenters. The molecule has 0 saturated carbocycles. The number of rotatable bonds is 7. The van der Waals surface area contributed by atoms with Crippen molar-refractivity contribution < 1.29 is 23.8 Å². The van der Waals surface area contributed by atoms with Crippen molar-refractivity contribution in [1.29, 1.82) is 0 Å². The average molecular weight is 440 g/mol. The lowest BCUT2D eigenvalue weighted by atomic mass is 10.00. The summed E-state index contributed by atoms with van der Waals surface area (Å²) in [4.78, 5) is 26.8. The molecular formula is C24H29N3O5. The number of ether oxygens (including phenoxy) is 3. The van der Waals surface area contributed by atoms with Crippen LogP contribution >= 0.6 is 0 Å². The molecule has 2 aliphatic heterocycles. The molecule has 8 nitrogen and oxygen atoms in total. The van der Waals surface area contributed by atoms with E-state index in [1.54, 1.807) is 12.1 Å². The van der Waals surface area contributed by atoms with E-state index in [-0.39, 0.29) is 11.8 Å². The normalized spacial score (nSPS) is 15.6. The molecule has 2 aromatic carbocycles. The van der Waals surface area contributed by atoms with Gasteiger partial charge in [0.2, 0.25) is 5.91 Å². The van der Waals surface area contributed by atoms with Crippen LogP contribution in [0.3, 0.4) is 0 Å². The van der Waals surface area contributed by atoms with Crippen molar-refractivity contribution in [2.24, 2.45) is 0 Å². The lowest BCUT2D eigenvalue weighted by Gasteiger charge is -2.31. The van der Waals surface area contributed by atoms with Gasteiger partial charge in [0.1, 0.15) is 11.5 Å². The third kappa shape index (κ3) is 4.80. The van der Waals surface area contributed by atoms with Crippen LogP contribution in [0.4, 0.5) is 17.1 Å². The Morgan fingerprint density at radius 3 is 2.56 bits per heavy atom. The fourth-order valence-electron chi connectivity index (χ4n) is 3.96. The minimum atomic E-state index is -0.243. The number of anilines is 3. The summed E-state index contributed by atoms with van der Waals surface area (Å²) >= 11 is 0. The highest BCUT2D eigenvalue weighted by Gasteiger charge is 2.22. The predicted octanol–water partition coefficient (Wildman–Crippen LogP) is 3.46. The summed E-state index contributed by atoms with van der Waals surface area (Å²) in [7, 11) is 0. The van der Waals surface area contributed by atoms with Gasteiger partial charge in [-0.3, -0.25) is 9.59 Å². The number of aryl methyl sites for hydroxylation is 1. The van der Waals surface area contributed by atoms with E-state index in [0.717, 1.165) is 30.0 Å². The molecule has 2 N–H and O–H groups in total. The zero-order valence-electron chi connectivity index (χ0n) is 18.5. The Morgan fingerprint density at radius 2 is 1.81 bits per heavy atom. The topological polar surface area (TPSA) is 89.1 Å². The number of benzene rings is 2. The third-order valence-electron chi connectivity index (χ3n) is 5.52. The maximum Gasteiger partial charge on any atom is 0.255 e. The van der Waals surface area contributed by atoms with E-state index in [1.807, 2.05) is 32.0 Å². The quantitative estimate of drug-likeness (QED) is 0.687. The van der Waals surface area contributed by atoms with Crippen molar-refractivity contribution in [3.63, 3.8) is 0 Å². The number of morpholine rings is 1. The van der Waals surface area contributed by atoms with Gasteiger partial charge in [0.15, 0.2) is 0 Å². The monoisotopic (exact) mass is 439 g/mol. The van der Waals surface area contributed by atoms with Gasteiger partial charge in [-0.1, -0.05) is 0 Å². The number of nitrogens with one attached hydrogen (secondary N) is 2. The molecule has 0 aliphatic carbocycles. The van der Waals surface area contributed by atoms with Gasteiger partial charge >= 0.3 is 0 Å². The zero-order chi connectivity index (χ0) is 22.5. The smallest absolute Gasteiger partial charge is 0.255 e. The second kappa shape index (κ2) is 9.91. The fourth-order valence-corrected chi connectivity index (χ4v) is 3.96. The van der Waals surface area contributed by atoms with E-state index in [0.29, 0.717) is 62.0 Å². The summed E-state index contributed by atoms with van der Waals surface area (Å²) in [5, 5.41) is 5.82. The van der Waals surface area contributed by atoms with Gasteiger partial charge in [-0.2, -0.15) is 0 Å². The molecule has 0 bridgehead atoms. The van der Waals surface area contributed by atoms with Gasteiger partial charge in [-0.25, -0.2) is 0 Å². The van der Waals surface area contributed by atoms with Crippen LogP contribution in [-0.4, -0.2) is 51.3 Å². The van der Waals surface area contributed by atoms with Crippen molar-refractivity contribution in [2.75, 3.05) is 55.1 Å². The molecule has 32 heavy (non-hydrogen) atoms. The minimum Gasteiger partial charge on any atom is -0.492 e. The molecule has 0 unspecified atom stereocenters. The van der Waals surface area contributed by atoms with E-state index >= 15 is 0 Å². The Labute approximate surface area is 187 Å². The molecule has 1 fully saturated rings. The molecular weight excluding hydrogens is 410 g/mol. The number of carbonyl (C=O) groups excluding carboxylic acids is 2. The van der Waals surface area contributed by atoms with Crippen molar-refractivity contribution >= 4 is 28.9 Å². The summed E-state index contributed by atoms with van der Waals surface area (Å²) in [5.74, 6) is 1.05. The maximum atomic E-state index is 13.1. The summed E-state index contributed by atoms with van der Waals surface area (Å²) < 4.78 is 17.2. The number of carbonyl (C=O) groups is 2. The largest absolute Gasteiger partial charge is 0.492 e. The van der Waals surface area contributed by atoms with Crippen LogP contribution < -0.4 is 25.0 Å². The molecule has 1 saturated heterocycles. The van der Waals surface area contributed by atoms with Gasteiger partial charge in [-0.05, 0) is 44.0 Å². The lowest BCUT2D eigenvalue weighted by Crippen LogP contribution is -2.36. The van der Waals surface area contributed by atoms with Gasteiger partial charge in [0, 0.05) is 42.9 Å². The number of hydrogen-bond acceptors (Lipinski definition) is 6. The first-order valence-electron chi connectivity index (χ1n) is 11.1. The predicted molar refractivity (Wildman–Crippen MR) is 123 cm³/mol. The summed E-state index contributed by atoms with van der Waals surface area (Å²) in [5.41, 5.74) is 3.74. The molecule has 0 aromatic heterocycles.